The van der Waals surface area contributed by atoms with Crippen LogP contribution in [0.4, 0.5) is 17.5 Å². The van der Waals surface area contributed by atoms with Gasteiger partial charge in [-0.15, -0.1) is 0 Å². The van der Waals surface area contributed by atoms with Gasteiger partial charge in [0.25, 0.3) is 0 Å². The minimum atomic E-state index is -4.40. The number of nitrogen functional groups attached to an aromatic ring is 3. The van der Waals surface area contributed by atoms with Crippen LogP contribution in [-0.4, -0.2) is 177 Å². The smallest absolute Gasteiger partial charge is 0.325 e. The van der Waals surface area contributed by atoms with Crippen LogP contribution in [-0.2, 0) is 81.7 Å². The van der Waals surface area contributed by atoms with Gasteiger partial charge in [0.2, 0.25) is 0 Å². The Morgan fingerprint density at radius 3 is 1.28 bits per heavy atom. The standard InChI is InChI=1S/C32H42N15O16P3S3/c1-54-20-13(4-56-64(50,51)67)60-31(46-10-43-16-25(34)37-7-40-28(16)46)22(20)63-66(53,69)58-5-14-21(55-2)23(32(61-14)47-11-44-17-26(35)38-8-41-29(17)47)62-65(52,68)57-3-12-18(48)19(49)30(59-12)45-9-42-15-24(33)36-6-39-27(15)45/h6-14,18-23,30-32,48-49H,3-5H2,1-2H3,(H,52,68)(H,53,69)(H2,33,36,39)(H2,34,37,40)(H2,35,38,41)(H2,50,51,67)/t12-,13-,14-,18-,19-,20-,21-,22-,23-,30-,31-,32-,65?,66?/m1/s1. The molecule has 0 spiro atoms. The molecule has 69 heavy (non-hydrogen) atoms. The molecule has 3 fully saturated rings. The Morgan fingerprint density at radius 1 is 0.522 bits per heavy atom. The molecule has 0 aliphatic carbocycles. The van der Waals surface area contributed by atoms with Crippen molar-refractivity contribution in [2.45, 2.75) is 73.6 Å². The largest absolute Gasteiger partial charge is 0.387 e. The first-order valence-corrected chi connectivity index (χ1v) is 27.8. The van der Waals surface area contributed by atoms with Gasteiger partial charge in [-0.2, -0.15) is 0 Å². The third-order valence-corrected chi connectivity index (χ3v) is 15.1. The molecular weight excluding hydrogens is 1040 g/mol. The lowest BCUT2D eigenvalue weighted by atomic mass is 10.1. The molecular formula is C32H42N15O16P3S3. The number of aliphatic hydroxyl groups excluding tert-OH is 2. The fourth-order valence-electron chi connectivity index (χ4n) is 8.07. The van der Waals surface area contributed by atoms with E-state index in [2.05, 4.69) is 56.7 Å². The Balaban J connectivity index is 0.940. The van der Waals surface area contributed by atoms with Crippen LogP contribution in [0.5, 0.6) is 0 Å². The topological polar surface area (TPSA) is 423 Å². The highest BCUT2D eigenvalue weighted by Crippen LogP contribution is 2.54. The summed E-state index contributed by atoms with van der Waals surface area (Å²) >= 11 is 15.6. The summed E-state index contributed by atoms with van der Waals surface area (Å²) in [5.41, 5.74) is 19.3. The molecule has 0 bridgehead atoms. The Morgan fingerprint density at radius 2 is 0.884 bits per heavy atom. The van der Waals surface area contributed by atoms with E-state index in [1.807, 2.05) is 0 Å². The van der Waals surface area contributed by atoms with Gasteiger partial charge in [0.1, 0.15) is 90.5 Å². The van der Waals surface area contributed by atoms with Gasteiger partial charge >= 0.3 is 20.2 Å². The zero-order chi connectivity index (χ0) is 49.2. The van der Waals surface area contributed by atoms with Crippen LogP contribution in [0.3, 0.4) is 0 Å². The van der Waals surface area contributed by atoms with E-state index in [0.29, 0.717) is 0 Å². The minimum Gasteiger partial charge on any atom is -0.387 e. The maximum Gasteiger partial charge on any atom is 0.325 e. The molecule has 37 heteroatoms. The van der Waals surface area contributed by atoms with Crippen LogP contribution < -0.4 is 17.2 Å². The lowest BCUT2D eigenvalue weighted by Crippen LogP contribution is -2.38. The average Bonchev–Trinajstić information content (AvgIpc) is 4.16. The number of hydrogen-bond donors (Lipinski definition) is 9. The summed E-state index contributed by atoms with van der Waals surface area (Å²) in [6.07, 6.45) is -7.78. The third kappa shape index (κ3) is 10.1. The van der Waals surface area contributed by atoms with Crippen molar-refractivity contribution in [3.63, 3.8) is 0 Å². The van der Waals surface area contributed by atoms with Gasteiger partial charge < -0.3 is 84.2 Å². The first-order chi connectivity index (χ1) is 32.8. The summed E-state index contributed by atoms with van der Waals surface area (Å²) < 4.78 is 63.3. The Hall–Kier alpha value is -3.64. The zero-order valence-electron chi connectivity index (χ0n) is 35.4. The molecule has 6 aromatic rings. The third-order valence-electron chi connectivity index (χ3n) is 11.2. The molecule has 0 amide bonds. The van der Waals surface area contributed by atoms with E-state index in [9.17, 15) is 29.8 Å². The Bertz CT molecular complexity index is 2990. The highest BCUT2D eigenvalue weighted by Gasteiger charge is 2.53. The highest BCUT2D eigenvalue weighted by atomic mass is 32.5. The van der Waals surface area contributed by atoms with Crippen LogP contribution in [0.1, 0.15) is 18.7 Å². The Kier molecular flexibility index (Phi) is 14.4. The number of imidazole rings is 3. The second-order valence-corrected chi connectivity index (χ2v) is 23.5. The fraction of sp³-hybridized carbons (Fsp3) is 0.531. The number of aromatic nitrogens is 12. The van der Waals surface area contributed by atoms with Gasteiger partial charge in [-0.3, -0.25) is 22.7 Å². The number of nitrogens with zero attached hydrogens (tertiary/aromatic N) is 12. The number of rotatable bonds is 18. The molecule has 374 valence electrons. The number of methoxy groups -OCH3 is 2. The van der Waals surface area contributed by atoms with E-state index in [1.54, 1.807) is 0 Å². The monoisotopic (exact) mass is 1080 g/mol. The van der Waals surface area contributed by atoms with Crippen LogP contribution in [0.25, 0.3) is 33.5 Å². The molecule has 0 aromatic carbocycles. The van der Waals surface area contributed by atoms with E-state index >= 15 is 0 Å². The molecule has 3 saturated heterocycles. The summed E-state index contributed by atoms with van der Waals surface area (Å²) in [5, 5.41) is 22.0. The van der Waals surface area contributed by atoms with Gasteiger partial charge in [-0.05, 0) is 35.4 Å². The molecule has 3 aliphatic rings. The second-order valence-electron chi connectivity index (χ2n) is 15.3. The van der Waals surface area contributed by atoms with Gasteiger partial charge in [0.15, 0.2) is 53.1 Å². The van der Waals surface area contributed by atoms with Crippen molar-refractivity contribution in [3.05, 3.63) is 38.0 Å². The fourth-order valence-corrected chi connectivity index (χ4v) is 11.4. The quantitative estimate of drug-likeness (QED) is 0.0427. The number of hydrogen-bond acceptors (Lipinski definition) is 27. The van der Waals surface area contributed by atoms with E-state index in [4.69, 9.17) is 87.1 Å². The first-order valence-electron chi connectivity index (χ1n) is 20.0. The number of ether oxygens (including phenoxy) is 5. The average molecular weight is 1080 g/mol. The van der Waals surface area contributed by atoms with Crippen LogP contribution in [0.15, 0.2) is 38.0 Å². The van der Waals surface area contributed by atoms with Gasteiger partial charge in [0, 0.05) is 14.2 Å². The molecule has 31 nitrogen and oxygen atoms in total. The van der Waals surface area contributed by atoms with Crippen molar-refractivity contribution in [1.29, 1.82) is 0 Å². The predicted octanol–water partition coefficient (Wildman–Crippen LogP) is -1.84. The SMILES string of the molecule is CO[C@H]1[C@@H](OP(O)(=S)OC[C@H]2O[C@@H](n3cnc4c(N)ncnc43)[C@H](OP(O)(=S)OC[C@H]3O[C@@H](n4cnc5c(N)ncnc54)[C@H](O)[C@@H]3O)[C@@H]2OC)[C@H](n2cnc3c(N)ncnc32)O[C@@H]1COP(O)(O)=S. The summed E-state index contributed by atoms with van der Waals surface area (Å²) in [5.74, 6) is 0.179. The van der Waals surface area contributed by atoms with Crippen LogP contribution in [0, 0.1) is 0 Å². The van der Waals surface area contributed by atoms with Crippen LogP contribution in [0.2, 0.25) is 0 Å². The predicted molar refractivity (Wildman–Crippen MR) is 244 cm³/mol. The van der Waals surface area contributed by atoms with Crippen molar-refractivity contribution in [1.82, 2.24) is 58.6 Å². The molecule has 12 N–H and O–H groups in total. The van der Waals surface area contributed by atoms with E-state index in [1.165, 1.54) is 65.9 Å². The van der Waals surface area contributed by atoms with Gasteiger partial charge in [-0.25, -0.2) is 44.9 Å². The highest BCUT2D eigenvalue weighted by molar-refractivity contribution is 8.07. The maximum atomic E-state index is 11.7. The summed E-state index contributed by atoms with van der Waals surface area (Å²) in [6, 6.07) is 0. The molecule has 14 atom stereocenters. The Labute approximate surface area is 402 Å². The van der Waals surface area contributed by atoms with Crippen molar-refractivity contribution >= 4 is 107 Å². The summed E-state index contributed by atoms with van der Waals surface area (Å²) in [7, 11) is 2.61. The minimum absolute atomic E-state index is 0.0381. The number of nitrogens with two attached hydrogens (primary N) is 3. The van der Waals surface area contributed by atoms with Crippen LogP contribution >= 0.6 is 20.2 Å². The number of aliphatic hydroxyl groups is 2. The van der Waals surface area contributed by atoms with Crippen molar-refractivity contribution in [2.24, 2.45) is 0 Å². The molecule has 2 unspecified atom stereocenters. The summed E-state index contributed by atoms with van der Waals surface area (Å²) in [6.45, 7) is -14.6. The van der Waals surface area contributed by atoms with Gasteiger partial charge in [0.05, 0.1) is 38.8 Å². The molecule has 0 saturated carbocycles. The van der Waals surface area contributed by atoms with Crippen molar-refractivity contribution < 1.29 is 76.1 Å². The van der Waals surface area contributed by atoms with Crippen molar-refractivity contribution in [2.75, 3.05) is 51.2 Å². The van der Waals surface area contributed by atoms with E-state index < -0.39 is 114 Å². The second kappa shape index (κ2) is 19.8. The number of anilines is 3. The molecule has 0 radical (unpaired) electrons. The molecule has 9 heterocycles. The van der Waals surface area contributed by atoms with E-state index in [0.717, 1.165) is 0 Å². The number of fused-ring (bicyclic) bond motifs is 3. The lowest BCUT2D eigenvalue weighted by Gasteiger charge is -2.29. The maximum absolute atomic E-state index is 11.7. The lowest BCUT2D eigenvalue weighted by molar-refractivity contribution is -0.0596. The normalized spacial score (nSPS) is 30.4. The zero-order valence-corrected chi connectivity index (χ0v) is 40.6. The van der Waals surface area contributed by atoms with Crippen molar-refractivity contribution in [3.8, 4) is 0 Å². The molecule has 6 aromatic heterocycles. The first kappa shape index (κ1) is 50.3. The van der Waals surface area contributed by atoms with E-state index in [-0.39, 0.29) is 50.9 Å². The summed E-state index contributed by atoms with van der Waals surface area (Å²) in [4.78, 5) is 80.3. The molecule has 3 aliphatic heterocycles. The van der Waals surface area contributed by atoms with Gasteiger partial charge in [-0.1, -0.05) is 0 Å². The molecule has 9 rings (SSSR count).